The lowest BCUT2D eigenvalue weighted by molar-refractivity contribution is -0.118. The SMILES string of the molecule is COc1ccccc1NC(=O)C1C(C)=NC(SCC(N)=O)=C(C#N)[C@H]1c1ccccc1Cl. The Morgan fingerprint density at radius 2 is 1.94 bits per heavy atom. The van der Waals surface area contributed by atoms with E-state index in [4.69, 9.17) is 22.1 Å². The van der Waals surface area contributed by atoms with Crippen molar-refractivity contribution in [3.8, 4) is 11.8 Å². The van der Waals surface area contributed by atoms with Gasteiger partial charge in [-0.3, -0.25) is 9.59 Å². The number of nitrogens with zero attached hydrogens (tertiary/aromatic N) is 2. The molecule has 0 bridgehead atoms. The molecule has 2 amide bonds. The molecule has 1 heterocycles. The number of carbonyl (C=O) groups is 2. The smallest absolute Gasteiger partial charge is 0.234 e. The molecular weight excluding hydrogens is 448 g/mol. The maximum atomic E-state index is 13.5. The zero-order chi connectivity index (χ0) is 23.3. The minimum Gasteiger partial charge on any atom is -0.495 e. The number of nitrogens with one attached hydrogen (secondary N) is 1. The summed E-state index contributed by atoms with van der Waals surface area (Å²) in [5.41, 5.74) is 7.16. The molecule has 2 aromatic carbocycles. The van der Waals surface area contributed by atoms with E-state index >= 15 is 0 Å². The van der Waals surface area contributed by atoms with Crippen LogP contribution in [0.1, 0.15) is 18.4 Å². The summed E-state index contributed by atoms with van der Waals surface area (Å²) in [4.78, 5) is 29.3. The number of nitriles is 1. The molecule has 0 spiro atoms. The van der Waals surface area contributed by atoms with Crippen molar-refractivity contribution in [1.29, 1.82) is 5.26 Å². The fraction of sp³-hybridized carbons (Fsp3) is 0.217. The number of amides is 2. The van der Waals surface area contributed by atoms with E-state index in [1.165, 1.54) is 7.11 Å². The molecule has 2 atom stereocenters. The first-order valence-electron chi connectivity index (χ1n) is 9.66. The molecule has 1 unspecified atom stereocenters. The molecule has 0 aliphatic carbocycles. The van der Waals surface area contributed by atoms with Gasteiger partial charge in [0.2, 0.25) is 11.8 Å². The summed E-state index contributed by atoms with van der Waals surface area (Å²) in [7, 11) is 1.52. The van der Waals surface area contributed by atoms with Crippen LogP contribution in [0.5, 0.6) is 5.75 Å². The first kappa shape index (κ1) is 23.4. The van der Waals surface area contributed by atoms with Crippen molar-refractivity contribution in [3.63, 3.8) is 0 Å². The van der Waals surface area contributed by atoms with Crippen molar-refractivity contribution in [2.24, 2.45) is 16.6 Å². The number of carbonyl (C=O) groups excluding carboxylic acids is 2. The van der Waals surface area contributed by atoms with Crippen LogP contribution in [0.3, 0.4) is 0 Å². The Balaban J connectivity index is 2.09. The van der Waals surface area contributed by atoms with E-state index in [0.29, 0.717) is 32.8 Å². The lowest BCUT2D eigenvalue weighted by Gasteiger charge is -2.31. The molecule has 7 nitrogen and oxygen atoms in total. The Labute approximate surface area is 195 Å². The number of nitrogens with two attached hydrogens (primary N) is 1. The summed E-state index contributed by atoms with van der Waals surface area (Å²) in [5.74, 6) is -1.90. The Bertz CT molecular complexity index is 1160. The monoisotopic (exact) mass is 468 g/mol. The van der Waals surface area contributed by atoms with Gasteiger partial charge in [-0.05, 0) is 30.7 Å². The molecular formula is C23H21ClN4O3S. The summed E-state index contributed by atoms with van der Waals surface area (Å²) in [6.45, 7) is 1.72. The van der Waals surface area contributed by atoms with Crippen LogP contribution in [0.2, 0.25) is 5.02 Å². The van der Waals surface area contributed by atoms with Crippen molar-refractivity contribution < 1.29 is 14.3 Å². The fourth-order valence-corrected chi connectivity index (χ4v) is 4.63. The van der Waals surface area contributed by atoms with Crippen LogP contribution in [0.4, 0.5) is 5.69 Å². The van der Waals surface area contributed by atoms with Crippen molar-refractivity contribution in [2.45, 2.75) is 12.8 Å². The average molecular weight is 469 g/mol. The van der Waals surface area contributed by atoms with Crippen molar-refractivity contribution in [3.05, 3.63) is 69.7 Å². The molecule has 0 saturated heterocycles. The van der Waals surface area contributed by atoms with Crippen LogP contribution < -0.4 is 15.8 Å². The van der Waals surface area contributed by atoms with E-state index in [-0.39, 0.29) is 17.2 Å². The van der Waals surface area contributed by atoms with E-state index < -0.39 is 17.7 Å². The molecule has 9 heteroatoms. The summed E-state index contributed by atoms with van der Waals surface area (Å²) < 4.78 is 5.33. The van der Waals surface area contributed by atoms with E-state index in [2.05, 4.69) is 16.4 Å². The third-order valence-corrected chi connectivity index (χ3v) is 6.32. The Morgan fingerprint density at radius 1 is 1.25 bits per heavy atom. The van der Waals surface area contributed by atoms with Gasteiger partial charge in [0.1, 0.15) is 10.8 Å². The number of benzene rings is 2. The number of allylic oxidation sites excluding steroid dienone is 1. The first-order valence-corrected chi connectivity index (χ1v) is 11.0. The molecule has 164 valence electrons. The number of ether oxygens (including phenoxy) is 1. The van der Waals surface area contributed by atoms with Gasteiger partial charge in [-0.1, -0.05) is 53.7 Å². The zero-order valence-corrected chi connectivity index (χ0v) is 19.0. The molecule has 2 aromatic rings. The quantitative estimate of drug-likeness (QED) is 0.633. The molecule has 0 fully saturated rings. The fourth-order valence-electron chi connectivity index (χ4n) is 3.56. The van der Waals surface area contributed by atoms with Gasteiger partial charge in [0.25, 0.3) is 0 Å². The standard InChI is InChI=1S/C23H21ClN4O3S/c1-13-20(22(30)28-17-9-5-6-10-18(17)31-2)21(14-7-3-4-8-16(14)24)15(11-25)23(27-13)32-12-19(26)29/h3-10,20-21H,12H2,1-2H3,(H2,26,29)(H,28,30)/t20?,21-/m1/s1. The first-order chi connectivity index (χ1) is 15.4. The molecule has 3 N–H and O–H groups in total. The number of halogens is 1. The second-order valence-electron chi connectivity index (χ2n) is 7.01. The predicted molar refractivity (Wildman–Crippen MR) is 127 cm³/mol. The molecule has 1 aliphatic rings. The van der Waals surface area contributed by atoms with E-state index in [1.807, 2.05) is 0 Å². The van der Waals surface area contributed by atoms with Crippen molar-refractivity contribution >= 4 is 46.6 Å². The molecule has 0 saturated carbocycles. The minimum absolute atomic E-state index is 0.0371. The normalized spacial score (nSPS) is 17.9. The highest BCUT2D eigenvalue weighted by Crippen LogP contribution is 2.44. The van der Waals surface area contributed by atoms with Crippen LogP contribution >= 0.6 is 23.4 Å². The Kier molecular flexibility index (Phi) is 7.57. The van der Waals surface area contributed by atoms with Crippen LogP contribution in [0.15, 0.2) is 64.1 Å². The number of rotatable bonds is 7. The lowest BCUT2D eigenvalue weighted by atomic mass is 9.76. The largest absolute Gasteiger partial charge is 0.495 e. The third kappa shape index (κ3) is 4.96. The Morgan fingerprint density at radius 3 is 2.59 bits per heavy atom. The summed E-state index contributed by atoms with van der Waals surface area (Å²) >= 11 is 7.55. The molecule has 32 heavy (non-hydrogen) atoms. The number of hydrogen-bond acceptors (Lipinski definition) is 6. The number of thioether (sulfide) groups is 1. The van der Waals surface area contributed by atoms with E-state index in [1.54, 1.807) is 55.5 Å². The van der Waals surface area contributed by atoms with Gasteiger partial charge >= 0.3 is 0 Å². The average Bonchev–Trinajstić information content (AvgIpc) is 2.77. The zero-order valence-electron chi connectivity index (χ0n) is 17.5. The number of methoxy groups -OCH3 is 1. The third-order valence-electron chi connectivity index (χ3n) is 4.96. The number of aliphatic imine (C=N–C) groups is 1. The van der Waals surface area contributed by atoms with Crippen molar-refractivity contribution in [2.75, 3.05) is 18.2 Å². The van der Waals surface area contributed by atoms with Gasteiger partial charge in [-0.2, -0.15) is 5.26 Å². The Hall–Kier alpha value is -3.28. The van der Waals surface area contributed by atoms with Gasteiger partial charge < -0.3 is 15.8 Å². The topological polar surface area (TPSA) is 118 Å². The van der Waals surface area contributed by atoms with Gasteiger partial charge in [0, 0.05) is 16.7 Å². The highest BCUT2D eigenvalue weighted by molar-refractivity contribution is 8.03. The van der Waals surface area contributed by atoms with Crippen LogP contribution in [-0.2, 0) is 9.59 Å². The van der Waals surface area contributed by atoms with Gasteiger partial charge in [0.05, 0.1) is 36.1 Å². The highest BCUT2D eigenvalue weighted by Gasteiger charge is 2.40. The number of para-hydroxylation sites is 2. The maximum Gasteiger partial charge on any atom is 0.234 e. The predicted octanol–water partition coefficient (Wildman–Crippen LogP) is 4.12. The molecule has 0 radical (unpaired) electrons. The lowest BCUT2D eigenvalue weighted by Crippen LogP contribution is -2.36. The van der Waals surface area contributed by atoms with Crippen molar-refractivity contribution in [1.82, 2.24) is 0 Å². The summed E-state index contributed by atoms with van der Waals surface area (Å²) in [6, 6.07) is 16.3. The molecule has 3 rings (SSSR count). The summed E-state index contributed by atoms with van der Waals surface area (Å²) in [5, 5.41) is 13.7. The van der Waals surface area contributed by atoms with Gasteiger partial charge in [-0.25, -0.2) is 4.99 Å². The second kappa shape index (κ2) is 10.4. The summed E-state index contributed by atoms with van der Waals surface area (Å²) in [6.07, 6.45) is 0. The van der Waals surface area contributed by atoms with E-state index in [9.17, 15) is 14.9 Å². The van der Waals surface area contributed by atoms with Crippen LogP contribution in [0, 0.1) is 17.2 Å². The number of hydrogen-bond donors (Lipinski definition) is 2. The van der Waals surface area contributed by atoms with Gasteiger partial charge in [0.15, 0.2) is 0 Å². The molecule has 0 aromatic heterocycles. The maximum absolute atomic E-state index is 13.5. The van der Waals surface area contributed by atoms with Crippen LogP contribution in [0.25, 0.3) is 0 Å². The van der Waals surface area contributed by atoms with E-state index in [0.717, 1.165) is 11.8 Å². The number of primary amides is 1. The second-order valence-corrected chi connectivity index (χ2v) is 8.38. The van der Waals surface area contributed by atoms with Gasteiger partial charge in [-0.15, -0.1) is 0 Å². The highest BCUT2D eigenvalue weighted by atomic mass is 35.5. The molecule has 1 aliphatic heterocycles. The minimum atomic E-state index is -0.799. The van der Waals surface area contributed by atoms with Crippen LogP contribution in [-0.4, -0.2) is 30.4 Å². The number of anilines is 1.